The Labute approximate surface area is 87.2 Å². The molecule has 0 atom stereocenters. The number of ether oxygens (including phenoxy) is 1. The van der Waals surface area contributed by atoms with Gasteiger partial charge in [-0.05, 0) is 32.0 Å². The van der Waals surface area contributed by atoms with Crippen LogP contribution in [0.25, 0.3) is 0 Å². The topological polar surface area (TPSA) is 9.23 Å². The van der Waals surface area contributed by atoms with E-state index < -0.39 is 0 Å². The van der Waals surface area contributed by atoms with Crippen molar-refractivity contribution in [2.45, 2.75) is 20.0 Å². The molecule has 0 N–H and O–H groups in total. The lowest BCUT2D eigenvalue weighted by Crippen LogP contribution is -2.06. The van der Waals surface area contributed by atoms with Gasteiger partial charge in [0.15, 0.2) is 0 Å². The van der Waals surface area contributed by atoms with Crippen LogP contribution in [0.15, 0.2) is 22.7 Å². The van der Waals surface area contributed by atoms with Crippen LogP contribution < -0.4 is 4.74 Å². The fraction of sp³-hybridized carbons (Fsp3) is 0.273. The van der Waals surface area contributed by atoms with Gasteiger partial charge in [0, 0.05) is 4.47 Å². The minimum atomic E-state index is 0.140. The van der Waals surface area contributed by atoms with Gasteiger partial charge in [-0.15, -0.1) is 6.42 Å². The number of halogens is 1. The van der Waals surface area contributed by atoms with Crippen LogP contribution in [0.3, 0.4) is 0 Å². The van der Waals surface area contributed by atoms with Crippen molar-refractivity contribution in [1.29, 1.82) is 0 Å². The molecule has 1 aromatic rings. The van der Waals surface area contributed by atoms with E-state index in [4.69, 9.17) is 11.2 Å². The van der Waals surface area contributed by atoms with Crippen molar-refractivity contribution < 1.29 is 4.74 Å². The lowest BCUT2D eigenvalue weighted by molar-refractivity contribution is 0.241. The van der Waals surface area contributed by atoms with Gasteiger partial charge in [-0.3, -0.25) is 0 Å². The predicted molar refractivity (Wildman–Crippen MR) is 57.8 cm³/mol. The molecule has 13 heavy (non-hydrogen) atoms. The molecule has 0 unspecified atom stereocenters. The second-order valence-electron chi connectivity index (χ2n) is 2.95. The second kappa shape index (κ2) is 4.34. The van der Waals surface area contributed by atoms with Crippen molar-refractivity contribution >= 4 is 15.9 Å². The molecule has 0 saturated carbocycles. The van der Waals surface area contributed by atoms with Crippen LogP contribution in [0.4, 0.5) is 0 Å². The van der Waals surface area contributed by atoms with Crippen molar-refractivity contribution in [3.63, 3.8) is 0 Å². The zero-order valence-corrected chi connectivity index (χ0v) is 9.26. The SMILES string of the molecule is C#Cc1ccc(Br)cc1OC(C)C. The van der Waals surface area contributed by atoms with Gasteiger partial charge in [-0.1, -0.05) is 21.9 Å². The molecule has 0 aliphatic carbocycles. The molecule has 68 valence electrons. The summed E-state index contributed by atoms with van der Waals surface area (Å²) >= 11 is 3.37. The first-order valence-electron chi connectivity index (χ1n) is 4.06. The average Bonchev–Trinajstić information content (AvgIpc) is 2.03. The van der Waals surface area contributed by atoms with Crippen LogP contribution in [0.2, 0.25) is 0 Å². The molecule has 0 aliphatic rings. The molecule has 1 aromatic carbocycles. The summed E-state index contributed by atoms with van der Waals surface area (Å²) < 4.78 is 6.52. The van der Waals surface area contributed by atoms with Crippen LogP contribution in [0.1, 0.15) is 19.4 Å². The Kier molecular flexibility index (Phi) is 3.39. The molecule has 0 radical (unpaired) electrons. The Morgan fingerprint density at radius 3 is 2.69 bits per heavy atom. The standard InChI is InChI=1S/C11H11BrO/c1-4-9-5-6-10(12)7-11(9)13-8(2)3/h1,5-8H,2-3H3. The summed E-state index contributed by atoms with van der Waals surface area (Å²) in [6.45, 7) is 3.95. The third kappa shape index (κ3) is 2.78. The summed E-state index contributed by atoms with van der Waals surface area (Å²) in [5.74, 6) is 3.34. The number of hydrogen-bond acceptors (Lipinski definition) is 1. The van der Waals surface area contributed by atoms with Gasteiger partial charge in [0.1, 0.15) is 5.75 Å². The van der Waals surface area contributed by atoms with Crippen molar-refractivity contribution in [3.05, 3.63) is 28.2 Å². The van der Waals surface area contributed by atoms with Gasteiger partial charge in [0.25, 0.3) is 0 Å². The molecule has 0 spiro atoms. The minimum absolute atomic E-state index is 0.140. The Morgan fingerprint density at radius 2 is 2.15 bits per heavy atom. The first kappa shape index (κ1) is 10.1. The van der Waals surface area contributed by atoms with Crippen LogP contribution in [0.5, 0.6) is 5.75 Å². The number of terminal acetylenes is 1. The van der Waals surface area contributed by atoms with E-state index in [1.165, 1.54) is 0 Å². The van der Waals surface area contributed by atoms with Crippen LogP contribution in [-0.2, 0) is 0 Å². The predicted octanol–water partition coefficient (Wildman–Crippen LogP) is 3.22. The Balaban J connectivity index is 3.03. The molecule has 0 aromatic heterocycles. The Morgan fingerprint density at radius 1 is 1.46 bits per heavy atom. The maximum atomic E-state index is 5.54. The van der Waals surface area contributed by atoms with Gasteiger partial charge in [0.2, 0.25) is 0 Å². The summed E-state index contributed by atoms with van der Waals surface area (Å²) in [6, 6.07) is 5.65. The highest BCUT2D eigenvalue weighted by Crippen LogP contribution is 2.23. The first-order valence-corrected chi connectivity index (χ1v) is 4.85. The molecule has 2 heteroatoms. The summed E-state index contributed by atoms with van der Waals surface area (Å²) in [6.07, 6.45) is 5.47. The number of rotatable bonds is 2. The smallest absolute Gasteiger partial charge is 0.136 e. The Bertz CT molecular complexity index is 336. The highest BCUT2D eigenvalue weighted by molar-refractivity contribution is 9.10. The molecule has 1 rings (SSSR count). The van der Waals surface area contributed by atoms with Crippen molar-refractivity contribution in [1.82, 2.24) is 0 Å². The van der Waals surface area contributed by atoms with Crippen molar-refractivity contribution in [2.24, 2.45) is 0 Å². The number of benzene rings is 1. The Hall–Kier alpha value is -0.940. The van der Waals surface area contributed by atoms with Gasteiger partial charge in [-0.25, -0.2) is 0 Å². The maximum absolute atomic E-state index is 5.54. The number of hydrogen-bond donors (Lipinski definition) is 0. The molecule has 0 saturated heterocycles. The van der Waals surface area contributed by atoms with Gasteiger partial charge >= 0.3 is 0 Å². The van der Waals surface area contributed by atoms with E-state index in [2.05, 4.69) is 21.9 Å². The van der Waals surface area contributed by atoms with E-state index in [1.807, 2.05) is 32.0 Å². The van der Waals surface area contributed by atoms with E-state index in [0.717, 1.165) is 15.8 Å². The normalized spacial score (nSPS) is 9.77. The van der Waals surface area contributed by atoms with Gasteiger partial charge in [0.05, 0.1) is 11.7 Å². The highest BCUT2D eigenvalue weighted by atomic mass is 79.9. The summed E-state index contributed by atoms with van der Waals surface area (Å²) in [4.78, 5) is 0. The molecular weight excluding hydrogens is 228 g/mol. The van der Waals surface area contributed by atoms with E-state index in [-0.39, 0.29) is 6.10 Å². The zero-order valence-electron chi connectivity index (χ0n) is 7.67. The molecule has 1 nitrogen and oxygen atoms in total. The largest absolute Gasteiger partial charge is 0.490 e. The quantitative estimate of drug-likeness (QED) is 0.720. The zero-order chi connectivity index (χ0) is 9.84. The van der Waals surface area contributed by atoms with Crippen LogP contribution in [-0.4, -0.2) is 6.10 Å². The molecular formula is C11H11BrO. The third-order valence-corrected chi connectivity index (χ3v) is 1.96. The van der Waals surface area contributed by atoms with E-state index >= 15 is 0 Å². The lowest BCUT2D eigenvalue weighted by Gasteiger charge is -2.11. The fourth-order valence-electron chi connectivity index (χ4n) is 0.967. The highest BCUT2D eigenvalue weighted by Gasteiger charge is 2.03. The van der Waals surface area contributed by atoms with Crippen molar-refractivity contribution in [3.8, 4) is 18.1 Å². The van der Waals surface area contributed by atoms with Crippen molar-refractivity contribution in [2.75, 3.05) is 0 Å². The summed E-state index contributed by atoms with van der Waals surface area (Å²) in [5.41, 5.74) is 0.789. The third-order valence-electron chi connectivity index (χ3n) is 1.46. The van der Waals surface area contributed by atoms with Gasteiger partial charge < -0.3 is 4.74 Å². The minimum Gasteiger partial charge on any atom is -0.490 e. The molecule has 0 fully saturated rings. The maximum Gasteiger partial charge on any atom is 0.136 e. The molecule has 0 amide bonds. The molecule has 0 aliphatic heterocycles. The monoisotopic (exact) mass is 238 g/mol. The van der Waals surface area contributed by atoms with Crippen LogP contribution in [0, 0.1) is 12.3 Å². The first-order chi connectivity index (χ1) is 6.13. The summed E-state index contributed by atoms with van der Waals surface area (Å²) in [5, 5.41) is 0. The second-order valence-corrected chi connectivity index (χ2v) is 3.87. The molecule has 0 heterocycles. The fourth-order valence-corrected chi connectivity index (χ4v) is 1.31. The molecule has 0 bridgehead atoms. The summed E-state index contributed by atoms with van der Waals surface area (Å²) in [7, 11) is 0. The lowest BCUT2D eigenvalue weighted by atomic mass is 10.2. The van der Waals surface area contributed by atoms with Gasteiger partial charge in [-0.2, -0.15) is 0 Å². The van der Waals surface area contributed by atoms with Crippen LogP contribution >= 0.6 is 15.9 Å². The van der Waals surface area contributed by atoms with E-state index in [9.17, 15) is 0 Å². The van der Waals surface area contributed by atoms with E-state index in [1.54, 1.807) is 0 Å². The van der Waals surface area contributed by atoms with E-state index in [0.29, 0.717) is 0 Å². The average molecular weight is 239 g/mol.